The Hall–Kier alpha value is -2.96. The maximum atomic E-state index is 11.1. The first-order valence-electron chi connectivity index (χ1n) is 5.69. The van der Waals surface area contributed by atoms with Gasteiger partial charge in [-0.25, -0.2) is 9.78 Å². The highest BCUT2D eigenvalue weighted by atomic mass is 16.6. The number of nitrogens with zero attached hydrogens (tertiary/aromatic N) is 2. The highest BCUT2D eigenvalue weighted by Crippen LogP contribution is 2.22. The van der Waals surface area contributed by atoms with Crippen LogP contribution < -0.4 is 5.32 Å². The topological polar surface area (TPSA) is 105 Å². The number of aromatic nitrogens is 1. The summed E-state index contributed by atoms with van der Waals surface area (Å²) in [6.45, 7) is 1.93. The Kier molecular flexibility index (Phi) is 3.60. The van der Waals surface area contributed by atoms with Gasteiger partial charge in [0.1, 0.15) is 17.6 Å². The fourth-order valence-electron chi connectivity index (χ4n) is 1.59. The first-order chi connectivity index (χ1) is 9.47. The predicted molar refractivity (Wildman–Crippen MR) is 72.3 cm³/mol. The Labute approximate surface area is 114 Å². The molecule has 7 nitrogen and oxygen atoms in total. The number of rotatable bonds is 4. The second-order valence-corrected chi connectivity index (χ2v) is 4.14. The van der Waals surface area contributed by atoms with Crippen molar-refractivity contribution in [2.75, 3.05) is 5.32 Å². The van der Waals surface area contributed by atoms with Crippen LogP contribution in [0.25, 0.3) is 0 Å². The number of nitro groups is 1. The second kappa shape index (κ2) is 5.35. The molecule has 0 aliphatic rings. The Bertz CT molecular complexity index is 668. The highest BCUT2D eigenvalue weighted by Gasteiger charge is 2.17. The van der Waals surface area contributed by atoms with Crippen molar-refractivity contribution in [1.29, 1.82) is 0 Å². The molecule has 2 N–H and O–H groups in total. The molecule has 1 aromatic carbocycles. The van der Waals surface area contributed by atoms with E-state index < -0.39 is 10.9 Å². The van der Waals surface area contributed by atoms with Gasteiger partial charge in [-0.05, 0) is 19.1 Å². The van der Waals surface area contributed by atoms with Crippen molar-refractivity contribution in [3.05, 3.63) is 57.8 Å². The van der Waals surface area contributed by atoms with Crippen LogP contribution in [0, 0.1) is 17.0 Å². The van der Waals surface area contributed by atoms with Crippen LogP contribution in [-0.2, 0) is 0 Å². The summed E-state index contributed by atoms with van der Waals surface area (Å²) in [5, 5.41) is 22.6. The van der Waals surface area contributed by atoms with Crippen LogP contribution in [0.5, 0.6) is 0 Å². The quantitative estimate of drug-likeness (QED) is 0.655. The van der Waals surface area contributed by atoms with Crippen molar-refractivity contribution < 1.29 is 14.8 Å². The first-order valence-corrected chi connectivity index (χ1v) is 5.69. The standard InChI is InChI=1S/C13H11N3O4/c1-8-2-4-9(5-3-8)15-12-11(13(17)18)6-10(7-14-12)16(19)20/h2-7H,1H3,(H,14,15)(H,17,18). The molecule has 0 saturated heterocycles. The zero-order chi connectivity index (χ0) is 14.7. The lowest BCUT2D eigenvalue weighted by atomic mass is 10.2. The average Bonchev–Trinajstić information content (AvgIpc) is 2.41. The Balaban J connectivity index is 2.38. The minimum absolute atomic E-state index is 0.0620. The Morgan fingerprint density at radius 2 is 2.00 bits per heavy atom. The summed E-state index contributed by atoms with van der Waals surface area (Å²) in [6.07, 6.45) is 1.02. The van der Waals surface area contributed by atoms with E-state index in [0.29, 0.717) is 5.69 Å². The number of carbonyl (C=O) groups is 1. The van der Waals surface area contributed by atoms with E-state index >= 15 is 0 Å². The van der Waals surface area contributed by atoms with Crippen molar-refractivity contribution in [2.45, 2.75) is 6.92 Å². The molecule has 0 radical (unpaired) electrons. The molecule has 1 heterocycles. The number of carboxylic acid groups (broad SMARTS) is 1. The molecule has 0 atom stereocenters. The maximum Gasteiger partial charge on any atom is 0.339 e. The number of aromatic carboxylic acids is 1. The van der Waals surface area contributed by atoms with Gasteiger partial charge in [0.05, 0.1) is 4.92 Å². The first kappa shape index (κ1) is 13.5. The number of nitrogens with one attached hydrogen (secondary N) is 1. The lowest BCUT2D eigenvalue weighted by Crippen LogP contribution is -2.06. The summed E-state index contributed by atoms with van der Waals surface area (Å²) in [6, 6.07) is 8.22. The van der Waals surface area contributed by atoms with Crippen LogP contribution in [0.3, 0.4) is 0 Å². The number of benzene rings is 1. The third-order valence-corrected chi connectivity index (χ3v) is 2.63. The van der Waals surface area contributed by atoms with Crippen LogP contribution in [0.2, 0.25) is 0 Å². The molecule has 7 heteroatoms. The fraction of sp³-hybridized carbons (Fsp3) is 0.0769. The highest BCUT2D eigenvalue weighted by molar-refractivity contribution is 5.94. The number of pyridine rings is 1. The zero-order valence-corrected chi connectivity index (χ0v) is 10.5. The molecule has 20 heavy (non-hydrogen) atoms. The smallest absolute Gasteiger partial charge is 0.339 e. The molecule has 0 aliphatic carbocycles. The Morgan fingerprint density at radius 1 is 1.35 bits per heavy atom. The van der Waals surface area contributed by atoms with E-state index in [1.54, 1.807) is 12.1 Å². The lowest BCUT2D eigenvalue weighted by molar-refractivity contribution is -0.385. The van der Waals surface area contributed by atoms with E-state index in [4.69, 9.17) is 5.11 Å². The van der Waals surface area contributed by atoms with Gasteiger partial charge < -0.3 is 10.4 Å². The lowest BCUT2D eigenvalue weighted by Gasteiger charge is -2.08. The summed E-state index contributed by atoms with van der Waals surface area (Å²) in [7, 11) is 0. The summed E-state index contributed by atoms with van der Waals surface area (Å²) >= 11 is 0. The van der Waals surface area contributed by atoms with Crippen molar-refractivity contribution in [1.82, 2.24) is 4.98 Å². The van der Waals surface area contributed by atoms with Crippen molar-refractivity contribution in [3.8, 4) is 0 Å². The molecular weight excluding hydrogens is 262 g/mol. The van der Waals surface area contributed by atoms with Crippen LogP contribution in [-0.4, -0.2) is 21.0 Å². The number of hydrogen-bond donors (Lipinski definition) is 2. The Morgan fingerprint density at radius 3 is 2.55 bits per heavy atom. The SMILES string of the molecule is Cc1ccc(Nc2ncc([N+](=O)[O-])cc2C(=O)O)cc1. The molecule has 0 amide bonds. The molecule has 0 fully saturated rings. The molecule has 0 bridgehead atoms. The minimum atomic E-state index is -1.28. The van der Waals surface area contributed by atoms with Gasteiger partial charge in [0, 0.05) is 11.8 Å². The third kappa shape index (κ3) is 2.89. The second-order valence-electron chi connectivity index (χ2n) is 4.14. The van der Waals surface area contributed by atoms with Crippen LogP contribution in [0.4, 0.5) is 17.2 Å². The van der Waals surface area contributed by atoms with Crippen LogP contribution in [0.15, 0.2) is 36.5 Å². The summed E-state index contributed by atoms with van der Waals surface area (Å²) in [5.41, 5.74) is 1.10. The molecule has 2 aromatic rings. The van der Waals surface area contributed by atoms with Crippen LogP contribution in [0.1, 0.15) is 15.9 Å². The number of anilines is 2. The van der Waals surface area contributed by atoms with E-state index in [-0.39, 0.29) is 17.1 Å². The summed E-state index contributed by atoms with van der Waals surface area (Å²) in [4.78, 5) is 24.9. The van der Waals surface area contributed by atoms with Gasteiger partial charge in [-0.15, -0.1) is 0 Å². The van der Waals surface area contributed by atoms with Gasteiger partial charge >= 0.3 is 5.97 Å². The normalized spacial score (nSPS) is 10.1. The van der Waals surface area contributed by atoms with E-state index in [1.807, 2.05) is 19.1 Å². The molecule has 0 saturated carbocycles. The average molecular weight is 273 g/mol. The van der Waals surface area contributed by atoms with Gasteiger partial charge in [0.25, 0.3) is 5.69 Å². The van der Waals surface area contributed by atoms with Crippen molar-refractivity contribution in [3.63, 3.8) is 0 Å². The number of hydrogen-bond acceptors (Lipinski definition) is 5. The van der Waals surface area contributed by atoms with Crippen molar-refractivity contribution >= 4 is 23.2 Å². The largest absolute Gasteiger partial charge is 0.478 e. The predicted octanol–water partition coefficient (Wildman–Crippen LogP) is 2.74. The molecular formula is C13H11N3O4. The molecule has 2 rings (SSSR count). The van der Waals surface area contributed by atoms with Gasteiger partial charge in [-0.1, -0.05) is 17.7 Å². The van der Waals surface area contributed by atoms with Gasteiger partial charge in [-0.2, -0.15) is 0 Å². The van der Waals surface area contributed by atoms with E-state index in [9.17, 15) is 14.9 Å². The van der Waals surface area contributed by atoms with Crippen molar-refractivity contribution in [2.24, 2.45) is 0 Å². The molecule has 102 valence electrons. The maximum absolute atomic E-state index is 11.1. The molecule has 1 aromatic heterocycles. The van der Waals surface area contributed by atoms with E-state index in [1.165, 1.54) is 0 Å². The van der Waals surface area contributed by atoms with E-state index in [2.05, 4.69) is 10.3 Å². The number of carboxylic acids is 1. The monoisotopic (exact) mass is 273 g/mol. The third-order valence-electron chi connectivity index (χ3n) is 2.63. The molecule has 0 unspecified atom stereocenters. The fourth-order valence-corrected chi connectivity index (χ4v) is 1.59. The zero-order valence-electron chi connectivity index (χ0n) is 10.5. The van der Waals surface area contributed by atoms with Gasteiger partial charge in [0.15, 0.2) is 0 Å². The minimum Gasteiger partial charge on any atom is -0.478 e. The van der Waals surface area contributed by atoms with E-state index in [0.717, 1.165) is 17.8 Å². The van der Waals surface area contributed by atoms with Gasteiger partial charge in [0.2, 0.25) is 0 Å². The molecule has 0 aliphatic heterocycles. The summed E-state index contributed by atoms with van der Waals surface area (Å²) < 4.78 is 0. The van der Waals surface area contributed by atoms with Crippen LogP contribution >= 0.6 is 0 Å². The summed E-state index contributed by atoms with van der Waals surface area (Å²) in [5.74, 6) is -1.22. The van der Waals surface area contributed by atoms with Gasteiger partial charge in [-0.3, -0.25) is 10.1 Å². The number of aryl methyl sites for hydroxylation is 1. The molecule has 0 spiro atoms.